The maximum Gasteiger partial charge on any atom is 0.347 e. The second kappa shape index (κ2) is 10.2. The highest BCUT2D eigenvalue weighted by molar-refractivity contribution is 7.13. The van der Waals surface area contributed by atoms with Gasteiger partial charge in [0.1, 0.15) is 9.88 Å². The van der Waals surface area contributed by atoms with Gasteiger partial charge in [-0.3, -0.25) is 4.79 Å². The summed E-state index contributed by atoms with van der Waals surface area (Å²) in [5.41, 5.74) is 0.455. The summed E-state index contributed by atoms with van der Waals surface area (Å²) in [6.07, 6.45) is 6.45. The predicted molar refractivity (Wildman–Crippen MR) is 103 cm³/mol. The van der Waals surface area contributed by atoms with Crippen molar-refractivity contribution in [1.82, 2.24) is 20.9 Å². The molecule has 1 heterocycles. The minimum Gasteiger partial charge on any atom is -0.477 e. The van der Waals surface area contributed by atoms with E-state index < -0.39 is 5.97 Å². The molecule has 1 aromatic rings. The zero-order valence-corrected chi connectivity index (χ0v) is 16.7. The molecule has 0 saturated heterocycles. The number of amides is 3. The van der Waals surface area contributed by atoms with Crippen molar-refractivity contribution >= 4 is 29.2 Å². The van der Waals surface area contributed by atoms with Crippen LogP contribution in [-0.4, -0.2) is 40.6 Å². The summed E-state index contributed by atoms with van der Waals surface area (Å²) in [6.45, 7) is 3.85. The van der Waals surface area contributed by atoms with Gasteiger partial charge in [0, 0.05) is 19.0 Å². The van der Waals surface area contributed by atoms with Crippen molar-refractivity contribution in [2.24, 2.45) is 0 Å². The molecule has 1 unspecified atom stereocenters. The van der Waals surface area contributed by atoms with Crippen molar-refractivity contribution in [3.63, 3.8) is 0 Å². The van der Waals surface area contributed by atoms with E-state index in [1.165, 1.54) is 6.42 Å². The van der Waals surface area contributed by atoms with Crippen LogP contribution in [0.4, 0.5) is 4.79 Å². The first-order chi connectivity index (χ1) is 12.9. The van der Waals surface area contributed by atoms with E-state index in [0.717, 1.165) is 37.0 Å². The molecule has 0 bridgehead atoms. The van der Waals surface area contributed by atoms with Gasteiger partial charge in [0.2, 0.25) is 5.91 Å². The number of nitrogens with zero attached hydrogens (tertiary/aromatic N) is 1. The highest BCUT2D eigenvalue weighted by atomic mass is 32.1. The molecule has 0 spiro atoms. The number of rotatable bonds is 8. The fourth-order valence-corrected chi connectivity index (χ4v) is 4.02. The number of nitrogens with one attached hydrogen (secondary N) is 3. The van der Waals surface area contributed by atoms with Gasteiger partial charge in [-0.15, -0.1) is 11.3 Å². The zero-order valence-electron chi connectivity index (χ0n) is 15.8. The van der Waals surface area contributed by atoms with E-state index in [1.54, 1.807) is 13.8 Å². The van der Waals surface area contributed by atoms with E-state index in [4.69, 9.17) is 5.11 Å². The van der Waals surface area contributed by atoms with Crippen LogP contribution in [0.1, 0.15) is 78.3 Å². The van der Waals surface area contributed by atoms with Crippen LogP contribution in [0.25, 0.3) is 0 Å². The van der Waals surface area contributed by atoms with Crippen LogP contribution in [0.3, 0.4) is 0 Å². The Morgan fingerprint density at radius 1 is 1.26 bits per heavy atom. The molecule has 0 aromatic carbocycles. The molecule has 1 fully saturated rings. The summed E-state index contributed by atoms with van der Waals surface area (Å²) in [5, 5.41) is 18.2. The molecule has 1 aliphatic rings. The van der Waals surface area contributed by atoms with Crippen LogP contribution in [0.15, 0.2) is 0 Å². The van der Waals surface area contributed by atoms with Crippen LogP contribution in [-0.2, 0) is 4.79 Å². The molecule has 1 aliphatic carbocycles. The molecular formula is C18H28N4O4S. The minimum atomic E-state index is -1.01. The Kier molecular flexibility index (Phi) is 8.02. The number of aryl methyl sites for hydroxylation is 1. The van der Waals surface area contributed by atoms with E-state index in [0.29, 0.717) is 23.7 Å². The molecule has 9 heteroatoms. The van der Waals surface area contributed by atoms with E-state index in [-0.39, 0.29) is 35.3 Å². The average molecular weight is 397 g/mol. The summed E-state index contributed by atoms with van der Waals surface area (Å²) in [5.74, 6) is -1.16. The van der Waals surface area contributed by atoms with Crippen molar-refractivity contribution in [3.8, 4) is 0 Å². The highest BCUT2D eigenvalue weighted by Crippen LogP contribution is 2.23. The van der Waals surface area contributed by atoms with Gasteiger partial charge in [0.15, 0.2) is 0 Å². The summed E-state index contributed by atoms with van der Waals surface area (Å²) in [4.78, 5) is 39.4. The third-order valence-electron chi connectivity index (χ3n) is 4.56. The Morgan fingerprint density at radius 2 is 1.96 bits per heavy atom. The molecule has 1 aromatic heterocycles. The smallest absolute Gasteiger partial charge is 0.347 e. The average Bonchev–Trinajstić information content (AvgIpc) is 3.02. The number of aromatic carboxylic acids is 1. The fraction of sp³-hybridized carbons (Fsp3) is 0.667. The molecule has 0 radical (unpaired) electrons. The van der Waals surface area contributed by atoms with Crippen LogP contribution < -0.4 is 16.0 Å². The Balaban J connectivity index is 1.64. The Morgan fingerprint density at radius 3 is 2.59 bits per heavy atom. The first-order valence-corrected chi connectivity index (χ1v) is 10.2. The Labute approximate surface area is 163 Å². The number of thiazole rings is 1. The van der Waals surface area contributed by atoms with Crippen molar-refractivity contribution < 1.29 is 19.5 Å². The second-order valence-corrected chi connectivity index (χ2v) is 7.93. The largest absolute Gasteiger partial charge is 0.477 e. The van der Waals surface area contributed by atoms with Crippen molar-refractivity contribution in [2.45, 2.75) is 70.9 Å². The first-order valence-electron chi connectivity index (χ1n) is 9.41. The Hall–Kier alpha value is -2.16. The summed E-state index contributed by atoms with van der Waals surface area (Å²) >= 11 is 1.08. The van der Waals surface area contributed by atoms with Crippen LogP contribution in [0.2, 0.25) is 0 Å². The molecule has 1 atom stereocenters. The van der Waals surface area contributed by atoms with Crippen molar-refractivity contribution in [2.75, 3.05) is 6.54 Å². The van der Waals surface area contributed by atoms with Gasteiger partial charge in [0.05, 0.1) is 11.7 Å². The van der Waals surface area contributed by atoms with E-state index in [1.807, 2.05) is 0 Å². The van der Waals surface area contributed by atoms with Gasteiger partial charge < -0.3 is 21.1 Å². The monoisotopic (exact) mass is 396 g/mol. The lowest BCUT2D eigenvalue weighted by Crippen LogP contribution is -2.43. The first kappa shape index (κ1) is 21.1. The number of hydrogen-bond donors (Lipinski definition) is 4. The normalized spacial score (nSPS) is 15.8. The summed E-state index contributed by atoms with van der Waals surface area (Å²) < 4.78 is 0. The number of urea groups is 1. The number of carboxylic acid groups (broad SMARTS) is 1. The SMILES string of the molecule is Cc1nc(C(C)NC(=O)CCCNC(=O)NC2CCCCC2)sc1C(=O)O. The number of hydrogen-bond acceptors (Lipinski definition) is 5. The molecule has 3 amide bonds. The maximum absolute atomic E-state index is 12.0. The number of aromatic nitrogens is 1. The molecular weight excluding hydrogens is 368 g/mol. The molecule has 150 valence electrons. The lowest BCUT2D eigenvalue weighted by molar-refractivity contribution is -0.121. The predicted octanol–water partition coefficient (Wildman–Crippen LogP) is 2.74. The van der Waals surface area contributed by atoms with Gasteiger partial charge in [-0.05, 0) is 33.1 Å². The van der Waals surface area contributed by atoms with Crippen molar-refractivity contribution in [3.05, 3.63) is 15.6 Å². The topological polar surface area (TPSA) is 120 Å². The quantitative estimate of drug-likeness (QED) is 0.504. The number of carbonyl (C=O) groups excluding carboxylic acids is 2. The molecule has 27 heavy (non-hydrogen) atoms. The van der Waals surface area contributed by atoms with Gasteiger partial charge in [-0.2, -0.15) is 0 Å². The standard InChI is InChI=1S/C18H28N4O4S/c1-11-15(17(24)25)27-16(21-11)12(2)20-14(23)9-6-10-19-18(26)22-13-7-4-3-5-8-13/h12-13H,3-10H2,1-2H3,(H,20,23)(H,24,25)(H2,19,22,26). The summed E-state index contributed by atoms with van der Waals surface area (Å²) in [7, 11) is 0. The van der Waals surface area contributed by atoms with Crippen LogP contribution in [0.5, 0.6) is 0 Å². The van der Waals surface area contributed by atoms with Crippen molar-refractivity contribution in [1.29, 1.82) is 0 Å². The number of carbonyl (C=O) groups is 3. The van der Waals surface area contributed by atoms with Gasteiger partial charge in [-0.25, -0.2) is 14.6 Å². The lowest BCUT2D eigenvalue weighted by Gasteiger charge is -2.22. The molecule has 2 rings (SSSR count). The molecule has 8 nitrogen and oxygen atoms in total. The lowest BCUT2D eigenvalue weighted by atomic mass is 9.96. The van der Waals surface area contributed by atoms with Gasteiger partial charge >= 0.3 is 12.0 Å². The zero-order chi connectivity index (χ0) is 19.8. The van der Waals surface area contributed by atoms with E-state index >= 15 is 0 Å². The third-order valence-corrected chi connectivity index (χ3v) is 5.89. The maximum atomic E-state index is 12.0. The molecule has 4 N–H and O–H groups in total. The van der Waals surface area contributed by atoms with Gasteiger partial charge in [-0.1, -0.05) is 19.3 Å². The minimum absolute atomic E-state index is 0.151. The summed E-state index contributed by atoms with van der Waals surface area (Å²) in [6, 6.07) is -0.257. The Bertz CT molecular complexity index is 670. The third kappa shape index (κ3) is 6.82. The molecule has 0 aliphatic heterocycles. The second-order valence-electron chi connectivity index (χ2n) is 6.90. The van der Waals surface area contributed by atoms with E-state index in [2.05, 4.69) is 20.9 Å². The van der Waals surface area contributed by atoms with Gasteiger partial charge in [0.25, 0.3) is 0 Å². The van der Waals surface area contributed by atoms with E-state index in [9.17, 15) is 14.4 Å². The highest BCUT2D eigenvalue weighted by Gasteiger charge is 2.19. The van der Waals surface area contributed by atoms with Crippen LogP contribution >= 0.6 is 11.3 Å². The fourth-order valence-electron chi connectivity index (χ4n) is 3.11. The number of carboxylic acids is 1. The molecule has 1 saturated carbocycles. The van der Waals surface area contributed by atoms with Crippen LogP contribution in [0, 0.1) is 6.92 Å².